The highest BCUT2D eigenvalue weighted by atomic mass is 35.5. The first-order valence-electron chi connectivity index (χ1n) is 8.84. The van der Waals surface area contributed by atoms with Crippen molar-refractivity contribution in [1.29, 1.82) is 0 Å². The molecule has 0 bridgehead atoms. The van der Waals surface area contributed by atoms with Crippen LogP contribution < -0.4 is 5.43 Å². The SMILES string of the molecule is O=c1c2cc(Cl)ccc2oc2ccc(CN3CCN(CCO)CC3)cc12. The quantitative estimate of drug-likeness (QED) is 0.714. The molecule has 0 saturated carbocycles. The van der Waals surface area contributed by atoms with Crippen LogP contribution in [0.15, 0.2) is 45.6 Å². The second kappa shape index (κ2) is 7.37. The molecule has 0 atom stereocenters. The van der Waals surface area contributed by atoms with Gasteiger partial charge < -0.3 is 9.52 Å². The van der Waals surface area contributed by atoms with Gasteiger partial charge >= 0.3 is 0 Å². The van der Waals surface area contributed by atoms with Gasteiger partial charge in [-0.1, -0.05) is 17.7 Å². The van der Waals surface area contributed by atoms with E-state index in [0.717, 1.165) is 44.8 Å². The van der Waals surface area contributed by atoms with Crippen LogP contribution in [0.3, 0.4) is 0 Å². The normalized spacial score (nSPS) is 16.5. The van der Waals surface area contributed by atoms with Gasteiger partial charge in [0.2, 0.25) is 5.43 Å². The number of benzene rings is 2. The first-order valence-corrected chi connectivity index (χ1v) is 9.22. The molecule has 0 spiro atoms. The van der Waals surface area contributed by atoms with Crippen molar-refractivity contribution >= 4 is 33.5 Å². The molecule has 1 fully saturated rings. The monoisotopic (exact) mass is 372 g/mol. The Bertz CT molecular complexity index is 993. The molecule has 136 valence electrons. The van der Waals surface area contributed by atoms with Crippen LogP contribution in [0.25, 0.3) is 21.9 Å². The van der Waals surface area contributed by atoms with Crippen LogP contribution in [0.5, 0.6) is 0 Å². The van der Waals surface area contributed by atoms with Gasteiger partial charge in [-0.25, -0.2) is 0 Å². The number of fused-ring (bicyclic) bond motifs is 2. The van der Waals surface area contributed by atoms with Crippen LogP contribution in [-0.2, 0) is 6.54 Å². The second-order valence-corrected chi connectivity index (χ2v) is 7.18. The molecular formula is C20H21ClN2O3. The Morgan fingerprint density at radius 1 is 0.962 bits per heavy atom. The average molecular weight is 373 g/mol. The molecule has 1 aromatic heterocycles. The number of hydrogen-bond acceptors (Lipinski definition) is 5. The number of halogens is 1. The van der Waals surface area contributed by atoms with E-state index in [4.69, 9.17) is 21.1 Å². The number of aliphatic hydroxyl groups is 1. The summed E-state index contributed by atoms with van der Waals surface area (Å²) in [4.78, 5) is 17.5. The van der Waals surface area contributed by atoms with Gasteiger partial charge in [-0.2, -0.15) is 0 Å². The lowest BCUT2D eigenvalue weighted by molar-refractivity contribution is 0.108. The lowest BCUT2D eigenvalue weighted by atomic mass is 10.1. The Labute approximate surface area is 156 Å². The Morgan fingerprint density at radius 3 is 2.35 bits per heavy atom. The highest BCUT2D eigenvalue weighted by Crippen LogP contribution is 2.23. The number of rotatable bonds is 4. The lowest BCUT2D eigenvalue weighted by Gasteiger charge is -2.34. The molecule has 1 N–H and O–H groups in total. The molecular weight excluding hydrogens is 352 g/mol. The molecule has 6 heteroatoms. The summed E-state index contributed by atoms with van der Waals surface area (Å²) in [5, 5.41) is 10.7. The summed E-state index contributed by atoms with van der Waals surface area (Å²) in [5.41, 5.74) is 2.21. The molecule has 0 amide bonds. The van der Waals surface area contributed by atoms with Crippen LogP contribution >= 0.6 is 11.6 Å². The van der Waals surface area contributed by atoms with Gasteiger partial charge in [-0.3, -0.25) is 14.6 Å². The Kier molecular flexibility index (Phi) is 4.96. The van der Waals surface area contributed by atoms with Crippen LogP contribution in [-0.4, -0.2) is 54.2 Å². The maximum atomic E-state index is 12.8. The van der Waals surface area contributed by atoms with Gasteiger partial charge in [0, 0.05) is 44.3 Å². The predicted molar refractivity (Wildman–Crippen MR) is 104 cm³/mol. The van der Waals surface area contributed by atoms with Gasteiger partial charge in [0.05, 0.1) is 17.4 Å². The maximum Gasteiger partial charge on any atom is 0.200 e. The molecule has 5 nitrogen and oxygen atoms in total. The van der Waals surface area contributed by atoms with Crippen molar-refractivity contribution in [3.05, 3.63) is 57.2 Å². The maximum absolute atomic E-state index is 12.8. The fourth-order valence-corrected chi connectivity index (χ4v) is 3.72. The Hall–Kier alpha value is -1.92. The molecule has 2 aromatic carbocycles. The van der Waals surface area contributed by atoms with Crippen molar-refractivity contribution in [3.8, 4) is 0 Å². The lowest BCUT2D eigenvalue weighted by Crippen LogP contribution is -2.46. The number of nitrogens with zero attached hydrogens (tertiary/aromatic N) is 2. The molecule has 0 unspecified atom stereocenters. The summed E-state index contributed by atoms with van der Waals surface area (Å²) in [6, 6.07) is 11.0. The number of aliphatic hydroxyl groups excluding tert-OH is 1. The molecule has 4 rings (SSSR count). The van der Waals surface area contributed by atoms with E-state index in [9.17, 15) is 4.79 Å². The van der Waals surface area contributed by atoms with Crippen molar-refractivity contribution < 1.29 is 9.52 Å². The fourth-order valence-electron chi connectivity index (χ4n) is 3.54. The third-order valence-corrected chi connectivity index (χ3v) is 5.22. The zero-order valence-corrected chi connectivity index (χ0v) is 15.2. The minimum atomic E-state index is -0.0432. The molecule has 2 heterocycles. The third kappa shape index (κ3) is 3.48. The van der Waals surface area contributed by atoms with E-state index in [1.807, 2.05) is 18.2 Å². The Balaban J connectivity index is 1.60. The number of β-amino-alcohol motifs (C(OH)–C–C–N with tert-alkyl or cyclic N) is 1. The summed E-state index contributed by atoms with van der Waals surface area (Å²) in [6.45, 7) is 5.58. The van der Waals surface area contributed by atoms with E-state index in [2.05, 4.69) is 9.80 Å². The summed E-state index contributed by atoms with van der Waals surface area (Å²) in [6.07, 6.45) is 0. The molecule has 3 aromatic rings. The molecule has 1 aliphatic rings. The molecule has 0 aliphatic carbocycles. The van der Waals surface area contributed by atoms with Crippen molar-refractivity contribution in [1.82, 2.24) is 9.80 Å². The van der Waals surface area contributed by atoms with Crippen LogP contribution in [0.1, 0.15) is 5.56 Å². The van der Waals surface area contributed by atoms with Crippen LogP contribution in [0.2, 0.25) is 5.02 Å². The van der Waals surface area contributed by atoms with Gasteiger partial charge in [0.25, 0.3) is 0 Å². The third-order valence-electron chi connectivity index (χ3n) is 4.98. The highest BCUT2D eigenvalue weighted by Gasteiger charge is 2.17. The van der Waals surface area contributed by atoms with Crippen LogP contribution in [0.4, 0.5) is 0 Å². The summed E-state index contributed by atoms with van der Waals surface area (Å²) in [5.74, 6) is 0. The van der Waals surface area contributed by atoms with Crippen molar-refractivity contribution in [3.63, 3.8) is 0 Å². The number of piperazine rings is 1. The first-order chi connectivity index (χ1) is 12.6. The zero-order valence-electron chi connectivity index (χ0n) is 14.4. The molecule has 0 radical (unpaired) electrons. The van der Waals surface area contributed by atoms with E-state index >= 15 is 0 Å². The van der Waals surface area contributed by atoms with Gasteiger partial charge in [-0.05, 0) is 35.9 Å². The van der Waals surface area contributed by atoms with E-state index in [-0.39, 0.29) is 12.0 Å². The summed E-state index contributed by atoms with van der Waals surface area (Å²) in [7, 11) is 0. The van der Waals surface area contributed by atoms with Gasteiger partial charge in [0.15, 0.2) is 0 Å². The second-order valence-electron chi connectivity index (χ2n) is 6.74. The summed E-state index contributed by atoms with van der Waals surface area (Å²) < 4.78 is 5.87. The van der Waals surface area contributed by atoms with E-state index in [1.54, 1.807) is 18.2 Å². The number of hydrogen-bond donors (Lipinski definition) is 1. The first kappa shape index (κ1) is 17.5. The van der Waals surface area contributed by atoms with E-state index in [1.165, 1.54) is 0 Å². The highest BCUT2D eigenvalue weighted by molar-refractivity contribution is 6.31. The molecule has 1 aliphatic heterocycles. The minimum absolute atomic E-state index is 0.0432. The minimum Gasteiger partial charge on any atom is -0.456 e. The standard InChI is InChI=1S/C20H21ClN2O3/c21-15-2-4-19-17(12-15)20(25)16-11-14(1-3-18(16)26-19)13-23-7-5-22(6-8-23)9-10-24/h1-4,11-12,24H,5-10,13H2. The zero-order chi connectivity index (χ0) is 18.1. The average Bonchev–Trinajstić information content (AvgIpc) is 2.65. The van der Waals surface area contributed by atoms with Crippen molar-refractivity contribution in [2.75, 3.05) is 39.3 Å². The van der Waals surface area contributed by atoms with Crippen molar-refractivity contribution in [2.45, 2.75) is 6.54 Å². The topological polar surface area (TPSA) is 56.9 Å². The van der Waals surface area contributed by atoms with E-state index in [0.29, 0.717) is 27.0 Å². The van der Waals surface area contributed by atoms with Gasteiger partial charge in [0.1, 0.15) is 11.2 Å². The van der Waals surface area contributed by atoms with Gasteiger partial charge in [-0.15, -0.1) is 0 Å². The molecule has 1 saturated heterocycles. The fraction of sp³-hybridized carbons (Fsp3) is 0.350. The largest absolute Gasteiger partial charge is 0.456 e. The molecule has 26 heavy (non-hydrogen) atoms. The van der Waals surface area contributed by atoms with E-state index < -0.39 is 0 Å². The van der Waals surface area contributed by atoms with Crippen LogP contribution in [0, 0.1) is 0 Å². The smallest absolute Gasteiger partial charge is 0.200 e. The predicted octanol–water partition coefficient (Wildman–Crippen LogP) is 2.71. The Morgan fingerprint density at radius 2 is 1.62 bits per heavy atom. The van der Waals surface area contributed by atoms with Crippen molar-refractivity contribution in [2.24, 2.45) is 0 Å². The summed E-state index contributed by atoms with van der Waals surface area (Å²) >= 11 is 6.03.